The standard InChI is InChI=1S/C21H18BrF2O5P/c22-21-12-17(9-10-18(21)15-30(25,28-23)29-24)14-26-13-16-5-4-8-20(11-16)27-19-6-2-1-3-7-19/h1-12H,13-15H2. The number of para-hydroxylation sites is 1. The SMILES string of the molecule is O=P(Cc1ccc(COCc2cccc(Oc3ccccc3)c2)cc1Br)(OF)OF. The Balaban J connectivity index is 1.56. The van der Waals surface area contributed by atoms with Gasteiger partial charge in [-0.3, -0.25) is 4.57 Å². The van der Waals surface area contributed by atoms with Crippen LogP contribution in [0.4, 0.5) is 9.05 Å². The van der Waals surface area contributed by atoms with Gasteiger partial charge in [-0.1, -0.05) is 58.4 Å². The molecule has 0 heterocycles. The monoisotopic (exact) mass is 498 g/mol. The van der Waals surface area contributed by atoms with Gasteiger partial charge in [-0.05, 0) is 56.1 Å². The molecule has 9 heteroatoms. The van der Waals surface area contributed by atoms with E-state index in [-0.39, 0.29) is 0 Å². The summed E-state index contributed by atoms with van der Waals surface area (Å²) in [5.74, 6) is 1.46. The third-order valence-corrected chi connectivity index (χ3v) is 5.99. The molecule has 0 aliphatic heterocycles. The van der Waals surface area contributed by atoms with Crippen molar-refractivity contribution in [2.24, 2.45) is 0 Å². The number of benzene rings is 3. The number of hydrogen-bond acceptors (Lipinski definition) is 5. The van der Waals surface area contributed by atoms with E-state index in [4.69, 9.17) is 9.47 Å². The molecular weight excluding hydrogens is 481 g/mol. The van der Waals surface area contributed by atoms with Gasteiger partial charge in [-0.15, -0.1) is 9.46 Å². The van der Waals surface area contributed by atoms with Gasteiger partial charge >= 0.3 is 7.60 Å². The Bertz CT molecular complexity index is 1010. The molecule has 0 N–H and O–H groups in total. The Morgan fingerprint density at radius 2 is 1.47 bits per heavy atom. The third kappa shape index (κ3) is 6.45. The summed E-state index contributed by atoms with van der Waals surface area (Å²) in [7, 11) is -4.44. The number of rotatable bonds is 10. The molecule has 0 bridgehead atoms. The fourth-order valence-electron chi connectivity index (χ4n) is 2.69. The van der Waals surface area contributed by atoms with Crippen LogP contribution in [0.15, 0.2) is 77.3 Å². The summed E-state index contributed by atoms with van der Waals surface area (Å²) >= 11 is 3.29. The molecule has 0 amide bonds. The predicted molar refractivity (Wildman–Crippen MR) is 111 cm³/mol. The summed E-state index contributed by atoms with van der Waals surface area (Å²) in [5, 5.41) is 0. The zero-order valence-corrected chi connectivity index (χ0v) is 18.2. The lowest BCUT2D eigenvalue weighted by molar-refractivity contribution is -0.0881. The average Bonchev–Trinajstić information content (AvgIpc) is 2.76. The Labute approximate surface area is 181 Å². The Kier molecular flexibility index (Phi) is 8.13. The van der Waals surface area contributed by atoms with Gasteiger partial charge in [0.15, 0.2) is 0 Å². The van der Waals surface area contributed by atoms with E-state index < -0.39 is 13.8 Å². The summed E-state index contributed by atoms with van der Waals surface area (Å²) in [4.78, 5) is 0. The van der Waals surface area contributed by atoms with Crippen molar-refractivity contribution in [3.8, 4) is 11.5 Å². The van der Waals surface area contributed by atoms with Crippen molar-refractivity contribution in [3.05, 3.63) is 94.0 Å². The zero-order chi connectivity index (χ0) is 21.4. The van der Waals surface area contributed by atoms with E-state index in [2.05, 4.69) is 25.4 Å². The van der Waals surface area contributed by atoms with E-state index in [9.17, 15) is 13.6 Å². The predicted octanol–water partition coefficient (Wildman–Crippen LogP) is 7.45. The van der Waals surface area contributed by atoms with Gasteiger partial charge in [-0.25, -0.2) is 0 Å². The molecule has 3 aromatic rings. The summed E-state index contributed by atoms with van der Waals surface area (Å²) in [6.07, 6.45) is -0.546. The molecule has 0 unspecified atom stereocenters. The molecule has 158 valence electrons. The average molecular weight is 499 g/mol. The number of halogens is 3. The van der Waals surface area contributed by atoms with Gasteiger partial charge < -0.3 is 9.47 Å². The molecule has 0 saturated carbocycles. The maximum absolute atomic E-state index is 12.2. The lowest BCUT2D eigenvalue weighted by Gasteiger charge is -2.11. The molecule has 0 spiro atoms. The molecule has 0 saturated heterocycles. The minimum Gasteiger partial charge on any atom is -0.457 e. The second-order valence-corrected chi connectivity index (χ2v) is 9.06. The summed E-state index contributed by atoms with van der Waals surface area (Å²) in [6.45, 7) is 0.672. The molecule has 30 heavy (non-hydrogen) atoms. The maximum atomic E-state index is 12.2. The minimum atomic E-state index is -4.44. The fraction of sp³-hybridized carbons (Fsp3) is 0.143. The van der Waals surface area contributed by atoms with Crippen LogP contribution >= 0.6 is 23.5 Å². The van der Waals surface area contributed by atoms with Gasteiger partial charge in [0.2, 0.25) is 0 Å². The van der Waals surface area contributed by atoms with Crippen LogP contribution in [0.25, 0.3) is 0 Å². The van der Waals surface area contributed by atoms with E-state index in [1.807, 2.05) is 54.6 Å². The van der Waals surface area contributed by atoms with Crippen LogP contribution < -0.4 is 4.74 Å². The first kappa shape index (κ1) is 22.6. The van der Waals surface area contributed by atoms with Crippen LogP contribution in [0.3, 0.4) is 0 Å². The minimum absolute atomic E-state index is 0.305. The van der Waals surface area contributed by atoms with Crippen molar-refractivity contribution in [3.63, 3.8) is 0 Å². The summed E-state index contributed by atoms with van der Waals surface area (Å²) in [6, 6.07) is 22.1. The van der Waals surface area contributed by atoms with Gasteiger partial charge in [-0.2, -0.15) is 0 Å². The molecule has 0 aliphatic rings. The first-order valence-corrected chi connectivity index (χ1v) is 11.4. The van der Waals surface area contributed by atoms with Crippen LogP contribution in [-0.2, 0) is 38.1 Å². The van der Waals surface area contributed by atoms with E-state index in [0.717, 1.165) is 16.9 Å². The van der Waals surface area contributed by atoms with Gasteiger partial charge in [0, 0.05) is 4.47 Å². The maximum Gasteiger partial charge on any atom is 0.399 e. The Hall–Kier alpha value is -2.09. The van der Waals surface area contributed by atoms with Crippen molar-refractivity contribution < 1.29 is 32.5 Å². The normalized spacial score (nSPS) is 11.4. The third-order valence-electron chi connectivity index (χ3n) is 4.11. The highest BCUT2D eigenvalue weighted by atomic mass is 79.9. The molecule has 0 atom stereocenters. The van der Waals surface area contributed by atoms with E-state index in [0.29, 0.717) is 29.0 Å². The summed E-state index contributed by atoms with van der Waals surface area (Å²) in [5.41, 5.74) is 2.14. The zero-order valence-electron chi connectivity index (χ0n) is 15.7. The van der Waals surface area contributed by atoms with Gasteiger partial charge in [0.25, 0.3) is 0 Å². The van der Waals surface area contributed by atoms with Crippen molar-refractivity contribution in [1.82, 2.24) is 0 Å². The largest absolute Gasteiger partial charge is 0.457 e. The quantitative estimate of drug-likeness (QED) is 0.271. The van der Waals surface area contributed by atoms with Crippen LogP contribution in [0.2, 0.25) is 0 Å². The van der Waals surface area contributed by atoms with Crippen molar-refractivity contribution >= 4 is 23.5 Å². The molecular formula is C21H18BrF2O5P. The molecule has 0 fully saturated rings. The Morgan fingerprint density at radius 3 is 2.13 bits per heavy atom. The van der Waals surface area contributed by atoms with Crippen LogP contribution in [0, 0.1) is 0 Å². The summed E-state index contributed by atoms with van der Waals surface area (Å²) < 4.78 is 54.4. The smallest absolute Gasteiger partial charge is 0.399 e. The van der Waals surface area contributed by atoms with Crippen molar-refractivity contribution in [2.45, 2.75) is 19.4 Å². The topological polar surface area (TPSA) is 54.0 Å². The van der Waals surface area contributed by atoms with Crippen LogP contribution in [0.1, 0.15) is 16.7 Å². The highest BCUT2D eigenvalue weighted by Crippen LogP contribution is 2.52. The van der Waals surface area contributed by atoms with E-state index >= 15 is 0 Å². The van der Waals surface area contributed by atoms with Gasteiger partial charge in [0.05, 0.1) is 19.4 Å². The lowest BCUT2D eigenvalue weighted by Crippen LogP contribution is -1.97. The second kappa shape index (κ2) is 10.8. The fourth-order valence-corrected chi connectivity index (χ4v) is 4.28. The molecule has 0 radical (unpaired) electrons. The van der Waals surface area contributed by atoms with E-state index in [1.54, 1.807) is 18.2 Å². The van der Waals surface area contributed by atoms with Crippen LogP contribution in [0.5, 0.6) is 11.5 Å². The molecule has 0 aliphatic carbocycles. The number of ether oxygens (including phenoxy) is 2. The second-order valence-electron chi connectivity index (χ2n) is 6.39. The molecule has 5 nitrogen and oxygen atoms in total. The highest BCUT2D eigenvalue weighted by molar-refractivity contribution is 9.10. The first-order chi connectivity index (χ1) is 14.5. The molecule has 3 rings (SSSR count). The molecule has 3 aromatic carbocycles. The number of hydrogen-bond donors (Lipinski definition) is 0. The molecule has 0 aromatic heterocycles. The highest BCUT2D eigenvalue weighted by Gasteiger charge is 2.29. The van der Waals surface area contributed by atoms with E-state index in [1.165, 1.54) is 0 Å². The van der Waals surface area contributed by atoms with Gasteiger partial charge in [0.1, 0.15) is 11.5 Å². The van der Waals surface area contributed by atoms with Crippen molar-refractivity contribution in [2.75, 3.05) is 0 Å². The Morgan fingerprint density at radius 1 is 0.800 bits per heavy atom. The van der Waals surface area contributed by atoms with Crippen molar-refractivity contribution in [1.29, 1.82) is 0 Å². The first-order valence-electron chi connectivity index (χ1n) is 8.88. The van der Waals surface area contributed by atoms with Crippen LogP contribution in [-0.4, -0.2) is 0 Å². The lowest BCUT2D eigenvalue weighted by atomic mass is 10.1.